The van der Waals surface area contributed by atoms with E-state index >= 15 is 0 Å². The van der Waals surface area contributed by atoms with Gasteiger partial charge in [-0.3, -0.25) is 9.78 Å². The van der Waals surface area contributed by atoms with Crippen LogP contribution in [-0.2, 0) is 6.54 Å². The van der Waals surface area contributed by atoms with E-state index in [-0.39, 0.29) is 11.9 Å². The number of nitrogens with zero attached hydrogens (tertiary/aromatic N) is 1. The number of carbonyl (C=O) groups is 2. The lowest BCUT2D eigenvalue weighted by Gasteiger charge is -2.07. The van der Waals surface area contributed by atoms with Crippen molar-refractivity contribution < 1.29 is 9.59 Å². The van der Waals surface area contributed by atoms with E-state index < -0.39 is 0 Å². The smallest absolute Gasteiger partial charge is 0.319 e. The molecule has 8 heteroatoms. The molecule has 6 nitrogen and oxygen atoms in total. The molecule has 3 N–H and O–H groups in total. The molecule has 3 aromatic rings. The molecule has 3 aromatic heterocycles. The quantitative estimate of drug-likeness (QED) is 0.640. The van der Waals surface area contributed by atoms with Gasteiger partial charge < -0.3 is 16.0 Å². The number of aromatic nitrogens is 1. The zero-order valence-electron chi connectivity index (χ0n) is 13.4. The highest BCUT2D eigenvalue weighted by Gasteiger charge is 2.18. The third-order valence-corrected chi connectivity index (χ3v) is 5.29. The highest BCUT2D eigenvalue weighted by atomic mass is 32.1. The predicted octanol–water partition coefficient (Wildman–Crippen LogP) is 3.55. The zero-order chi connectivity index (χ0) is 17.6. The maximum absolute atomic E-state index is 12.6. The molecular formula is C17H16N4O2S2. The van der Waals surface area contributed by atoms with E-state index in [0.717, 1.165) is 16.0 Å². The molecule has 0 saturated heterocycles. The first-order chi connectivity index (χ1) is 12.2. The summed E-state index contributed by atoms with van der Waals surface area (Å²) in [4.78, 5) is 29.6. The summed E-state index contributed by atoms with van der Waals surface area (Å²) in [7, 11) is 1.53. The minimum Gasteiger partial charge on any atom is -0.347 e. The maximum Gasteiger partial charge on any atom is 0.319 e. The van der Waals surface area contributed by atoms with Crippen molar-refractivity contribution in [2.75, 3.05) is 12.4 Å². The fraction of sp³-hybridized carbons (Fsp3) is 0.118. The first-order valence-corrected chi connectivity index (χ1v) is 9.25. The monoisotopic (exact) mass is 372 g/mol. The van der Waals surface area contributed by atoms with E-state index in [0.29, 0.717) is 17.1 Å². The van der Waals surface area contributed by atoms with Gasteiger partial charge in [-0.2, -0.15) is 11.3 Å². The first kappa shape index (κ1) is 17.1. The Bertz CT molecular complexity index is 860. The molecule has 0 spiro atoms. The maximum atomic E-state index is 12.6. The van der Waals surface area contributed by atoms with E-state index in [1.165, 1.54) is 18.4 Å². The zero-order valence-corrected chi connectivity index (χ0v) is 15.0. The molecule has 0 aromatic carbocycles. The minimum atomic E-state index is -0.363. The van der Waals surface area contributed by atoms with E-state index in [4.69, 9.17) is 0 Å². The SMILES string of the molecule is CNC(=O)Nc1cc(-c2ccsc2)sc1C(=O)NCc1ccncc1. The molecule has 3 amide bonds. The van der Waals surface area contributed by atoms with Crippen LogP contribution < -0.4 is 16.0 Å². The average Bonchev–Trinajstić information content (AvgIpc) is 3.30. The van der Waals surface area contributed by atoms with Crippen LogP contribution in [0.15, 0.2) is 47.4 Å². The number of rotatable bonds is 5. The molecule has 0 aliphatic rings. The molecule has 0 fully saturated rings. The summed E-state index contributed by atoms with van der Waals surface area (Å²) in [5.74, 6) is -0.227. The number of pyridine rings is 1. The Kier molecular flexibility index (Phi) is 5.42. The number of hydrogen-bond donors (Lipinski definition) is 3. The highest BCUT2D eigenvalue weighted by molar-refractivity contribution is 7.18. The third-order valence-electron chi connectivity index (χ3n) is 3.42. The van der Waals surface area contributed by atoms with Gasteiger partial charge in [0.05, 0.1) is 5.69 Å². The summed E-state index contributed by atoms with van der Waals surface area (Å²) in [5, 5.41) is 12.1. The normalized spacial score (nSPS) is 10.3. The van der Waals surface area contributed by atoms with Crippen LogP contribution in [-0.4, -0.2) is 24.0 Å². The molecule has 3 heterocycles. The van der Waals surface area contributed by atoms with Crippen molar-refractivity contribution in [3.05, 3.63) is 57.9 Å². The van der Waals surface area contributed by atoms with E-state index in [1.807, 2.05) is 35.0 Å². The predicted molar refractivity (Wildman–Crippen MR) is 101 cm³/mol. The van der Waals surface area contributed by atoms with E-state index in [1.54, 1.807) is 23.7 Å². The van der Waals surface area contributed by atoms with Crippen molar-refractivity contribution in [2.45, 2.75) is 6.54 Å². The lowest BCUT2D eigenvalue weighted by atomic mass is 10.2. The number of hydrogen-bond acceptors (Lipinski definition) is 5. The fourth-order valence-corrected chi connectivity index (χ4v) is 3.90. The molecule has 0 radical (unpaired) electrons. The van der Waals surface area contributed by atoms with Crippen molar-refractivity contribution in [2.24, 2.45) is 0 Å². The number of urea groups is 1. The Morgan fingerprint density at radius 2 is 2.00 bits per heavy atom. The lowest BCUT2D eigenvalue weighted by molar-refractivity contribution is 0.0955. The van der Waals surface area contributed by atoms with Crippen LogP contribution in [0, 0.1) is 0 Å². The second-order valence-corrected chi connectivity index (χ2v) is 6.94. The van der Waals surface area contributed by atoms with Crippen molar-refractivity contribution >= 4 is 40.3 Å². The summed E-state index contributed by atoms with van der Waals surface area (Å²) in [6, 6.07) is 7.13. The van der Waals surface area contributed by atoms with Crippen LogP contribution in [0.1, 0.15) is 15.2 Å². The Labute approximate surface area is 152 Å². The molecule has 3 rings (SSSR count). The first-order valence-electron chi connectivity index (χ1n) is 7.49. The molecule has 0 saturated carbocycles. The van der Waals surface area contributed by atoms with Gasteiger partial charge in [-0.15, -0.1) is 11.3 Å². The third kappa shape index (κ3) is 4.23. The lowest BCUT2D eigenvalue weighted by Crippen LogP contribution is -2.27. The van der Waals surface area contributed by atoms with Crippen LogP contribution >= 0.6 is 22.7 Å². The molecule has 128 valence electrons. The van der Waals surface area contributed by atoms with Gasteiger partial charge >= 0.3 is 6.03 Å². The molecule has 25 heavy (non-hydrogen) atoms. The number of nitrogens with one attached hydrogen (secondary N) is 3. The average molecular weight is 372 g/mol. The van der Waals surface area contributed by atoms with Gasteiger partial charge in [0.2, 0.25) is 0 Å². The largest absolute Gasteiger partial charge is 0.347 e. The fourth-order valence-electron chi connectivity index (χ4n) is 2.15. The van der Waals surface area contributed by atoms with Crippen LogP contribution in [0.4, 0.5) is 10.5 Å². The molecule has 0 atom stereocenters. The Balaban J connectivity index is 1.82. The minimum absolute atomic E-state index is 0.227. The molecule has 0 aliphatic carbocycles. The standard InChI is InChI=1S/C17H16N4O2S2/c1-18-17(23)21-13-8-14(12-4-7-24-10-12)25-15(13)16(22)20-9-11-2-5-19-6-3-11/h2-8,10H,9H2,1H3,(H,20,22)(H2,18,21,23). The summed E-state index contributed by atoms with van der Waals surface area (Å²) in [5.41, 5.74) is 2.49. The van der Waals surface area contributed by atoms with Gasteiger partial charge in [-0.25, -0.2) is 4.79 Å². The van der Waals surface area contributed by atoms with Crippen LogP contribution in [0.3, 0.4) is 0 Å². The van der Waals surface area contributed by atoms with Crippen molar-refractivity contribution in [3.8, 4) is 10.4 Å². The van der Waals surface area contributed by atoms with Gasteiger partial charge in [0, 0.05) is 36.4 Å². The van der Waals surface area contributed by atoms with E-state index in [2.05, 4.69) is 20.9 Å². The van der Waals surface area contributed by atoms with Crippen molar-refractivity contribution in [1.29, 1.82) is 0 Å². The van der Waals surface area contributed by atoms with Gasteiger partial charge in [0.1, 0.15) is 4.88 Å². The van der Waals surface area contributed by atoms with Gasteiger partial charge in [-0.1, -0.05) is 0 Å². The Morgan fingerprint density at radius 3 is 2.68 bits per heavy atom. The number of amides is 3. The number of thiophene rings is 2. The summed E-state index contributed by atoms with van der Waals surface area (Å²) in [6.45, 7) is 0.395. The second-order valence-electron chi connectivity index (χ2n) is 5.11. The van der Waals surface area contributed by atoms with Gasteiger partial charge in [0.25, 0.3) is 5.91 Å². The van der Waals surface area contributed by atoms with Crippen LogP contribution in [0.25, 0.3) is 10.4 Å². The highest BCUT2D eigenvalue weighted by Crippen LogP contribution is 2.35. The summed E-state index contributed by atoms with van der Waals surface area (Å²) < 4.78 is 0. The van der Waals surface area contributed by atoms with Crippen LogP contribution in [0.2, 0.25) is 0 Å². The van der Waals surface area contributed by atoms with Gasteiger partial charge in [0.15, 0.2) is 0 Å². The van der Waals surface area contributed by atoms with Gasteiger partial charge in [-0.05, 0) is 40.6 Å². The molecule has 0 aliphatic heterocycles. The number of carbonyl (C=O) groups excluding carboxylic acids is 2. The number of anilines is 1. The van der Waals surface area contributed by atoms with Crippen molar-refractivity contribution in [3.63, 3.8) is 0 Å². The summed E-state index contributed by atoms with van der Waals surface area (Å²) in [6.07, 6.45) is 3.36. The summed E-state index contributed by atoms with van der Waals surface area (Å²) >= 11 is 2.94. The van der Waals surface area contributed by atoms with E-state index in [9.17, 15) is 9.59 Å². The molecule has 0 unspecified atom stereocenters. The van der Waals surface area contributed by atoms with Crippen molar-refractivity contribution in [1.82, 2.24) is 15.6 Å². The molecular weight excluding hydrogens is 356 g/mol. The molecule has 0 bridgehead atoms. The second kappa shape index (κ2) is 7.91. The Morgan fingerprint density at radius 1 is 1.20 bits per heavy atom. The Hall–Kier alpha value is -2.71. The van der Waals surface area contributed by atoms with Crippen LogP contribution in [0.5, 0.6) is 0 Å². The topological polar surface area (TPSA) is 83.1 Å².